The van der Waals surface area contributed by atoms with E-state index in [9.17, 15) is 0 Å². The fourth-order valence-corrected chi connectivity index (χ4v) is 6.06. The van der Waals surface area contributed by atoms with Crippen LogP contribution in [-0.4, -0.2) is 11.2 Å². The maximum Gasteiger partial charge on any atom is 0.0875 e. The summed E-state index contributed by atoms with van der Waals surface area (Å²) >= 11 is 0. The van der Waals surface area contributed by atoms with Gasteiger partial charge in [-0.25, -0.2) is 0 Å². The first-order valence-corrected chi connectivity index (χ1v) is 9.05. The number of hydrogen-bond acceptors (Lipinski definition) is 1. The van der Waals surface area contributed by atoms with Gasteiger partial charge >= 0.3 is 0 Å². The Bertz CT molecular complexity index is 451. The molecule has 1 heterocycles. The third kappa shape index (κ3) is 2.22. The number of hydrogen-bond donors (Lipinski definition) is 0. The molecular formula is C20H34O. The largest absolute Gasteiger partial charge is 0.365 e. The van der Waals surface area contributed by atoms with E-state index in [1.165, 1.54) is 32.1 Å². The highest BCUT2D eigenvalue weighted by Crippen LogP contribution is 2.63. The van der Waals surface area contributed by atoms with E-state index in [1.807, 2.05) is 0 Å². The summed E-state index contributed by atoms with van der Waals surface area (Å²) in [4.78, 5) is 0. The Morgan fingerprint density at radius 2 is 1.76 bits per heavy atom. The van der Waals surface area contributed by atoms with Gasteiger partial charge in [0, 0.05) is 0 Å². The molecule has 3 rings (SSSR count). The van der Waals surface area contributed by atoms with Gasteiger partial charge in [-0.2, -0.15) is 0 Å². The molecule has 0 aromatic heterocycles. The zero-order chi connectivity index (χ0) is 15.5. The maximum absolute atomic E-state index is 6.71. The number of fused-ring (bicyclic) bond motifs is 3. The molecule has 5 atom stereocenters. The Hall–Kier alpha value is -0.300. The zero-order valence-electron chi connectivity index (χ0n) is 15.0. The molecule has 0 spiro atoms. The van der Waals surface area contributed by atoms with Crippen LogP contribution < -0.4 is 0 Å². The molecular weight excluding hydrogens is 256 g/mol. The first kappa shape index (κ1) is 15.6. The zero-order valence-corrected chi connectivity index (χ0v) is 15.0. The van der Waals surface area contributed by atoms with Gasteiger partial charge < -0.3 is 4.74 Å². The second-order valence-electron chi connectivity index (χ2n) is 9.37. The SMILES string of the molecule is CC[C@@]1(C)CC[C@@H]2[C@@]3(C)CCCC(C)(C)[C@@H]3C=C[C@]2(C)O1. The lowest BCUT2D eigenvalue weighted by atomic mass is 9.46. The molecule has 1 saturated carbocycles. The molecule has 1 nitrogen and oxygen atoms in total. The first-order valence-electron chi connectivity index (χ1n) is 9.05. The monoisotopic (exact) mass is 290 g/mol. The normalized spacial score (nSPS) is 52.1. The molecule has 120 valence electrons. The smallest absolute Gasteiger partial charge is 0.0875 e. The summed E-state index contributed by atoms with van der Waals surface area (Å²) in [6.45, 7) is 14.4. The third-order valence-corrected chi connectivity index (χ3v) is 7.37. The summed E-state index contributed by atoms with van der Waals surface area (Å²) in [5.74, 6) is 1.39. The standard InChI is InChI=1S/C20H34O/c1-7-18(4)13-9-16-19(5)12-8-11-17(2,3)15(19)10-14-20(16,6)21-18/h10,14-16H,7-9,11-13H2,1-6H3/t15-,16+,18-,19-,20-/m0/s1. The van der Waals surface area contributed by atoms with Crippen LogP contribution in [-0.2, 0) is 4.74 Å². The average molecular weight is 290 g/mol. The fourth-order valence-electron chi connectivity index (χ4n) is 6.06. The molecule has 0 radical (unpaired) electrons. The third-order valence-electron chi connectivity index (χ3n) is 7.37. The minimum atomic E-state index is -0.0539. The van der Waals surface area contributed by atoms with Crippen molar-refractivity contribution in [2.75, 3.05) is 0 Å². The summed E-state index contributed by atoms with van der Waals surface area (Å²) < 4.78 is 6.71. The number of ether oxygens (including phenoxy) is 1. The van der Waals surface area contributed by atoms with Crippen molar-refractivity contribution in [1.82, 2.24) is 0 Å². The lowest BCUT2D eigenvalue weighted by Crippen LogP contribution is -2.60. The Balaban J connectivity index is 2.00. The van der Waals surface area contributed by atoms with Gasteiger partial charge in [0.05, 0.1) is 11.2 Å². The van der Waals surface area contributed by atoms with E-state index in [0.29, 0.717) is 22.7 Å². The van der Waals surface area contributed by atoms with Crippen LogP contribution in [0.5, 0.6) is 0 Å². The van der Waals surface area contributed by atoms with Crippen LogP contribution in [0, 0.1) is 22.7 Å². The highest BCUT2D eigenvalue weighted by molar-refractivity contribution is 5.22. The van der Waals surface area contributed by atoms with Crippen molar-refractivity contribution in [3.63, 3.8) is 0 Å². The van der Waals surface area contributed by atoms with E-state index in [4.69, 9.17) is 4.74 Å². The molecule has 0 aromatic carbocycles. The molecule has 0 N–H and O–H groups in total. The average Bonchev–Trinajstić information content (AvgIpc) is 2.36. The van der Waals surface area contributed by atoms with Crippen molar-refractivity contribution in [2.24, 2.45) is 22.7 Å². The van der Waals surface area contributed by atoms with Crippen molar-refractivity contribution in [3.8, 4) is 0 Å². The minimum Gasteiger partial charge on any atom is -0.365 e. The van der Waals surface area contributed by atoms with Crippen LogP contribution in [0.3, 0.4) is 0 Å². The minimum absolute atomic E-state index is 0.0539. The van der Waals surface area contributed by atoms with Crippen LogP contribution in [0.4, 0.5) is 0 Å². The van der Waals surface area contributed by atoms with Crippen molar-refractivity contribution >= 4 is 0 Å². The van der Waals surface area contributed by atoms with Crippen LogP contribution in [0.25, 0.3) is 0 Å². The van der Waals surface area contributed by atoms with Gasteiger partial charge in [-0.3, -0.25) is 0 Å². The Labute approximate surface area is 131 Å². The second kappa shape index (κ2) is 4.60. The van der Waals surface area contributed by atoms with Crippen LogP contribution in [0.1, 0.15) is 80.1 Å². The van der Waals surface area contributed by atoms with E-state index in [-0.39, 0.29) is 11.2 Å². The van der Waals surface area contributed by atoms with Gasteiger partial charge in [0.1, 0.15) is 0 Å². The predicted octanol–water partition coefficient (Wildman–Crippen LogP) is 5.74. The Kier molecular flexibility index (Phi) is 3.41. The topological polar surface area (TPSA) is 9.23 Å². The van der Waals surface area contributed by atoms with Crippen molar-refractivity contribution in [1.29, 1.82) is 0 Å². The van der Waals surface area contributed by atoms with Gasteiger partial charge in [0.15, 0.2) is 0 Å². The molecule has 1 heteroatoms. The van der Waals surface area contributed by atoms with Crippen molar-refractivity contribution < 1.29 is 4.74 Å². The van der Waals surface area contributed by atoms with E-state index < -0.39 is 0 Å². The van der Waals surface area contributed by atoms with Crippen LogP contribution >= 0.6 is 0 Å². The van der Waals surface area contributed by atoms with Gasteiger partial charge in [0.2, 0.25) is 0 Å². The lowest BCUT2D eigenvalue weighted by molar-refractivity contribution is -0.223. The van der Waals surface area contributed by atoms with Gasteiger partial charge in [-0.15, -0.1) is 0 Å². The van der Waals surface area contributed by atoms with E-state index in [1.54, 1.807) is 0 Å². The molecule has 1 aliphatic heterocycles. The van der Waals surface area contributed by atoms with Gasteiger partial charge in [-0.1, -0.05) is 46.3 Å². The van der Waals surface area contributed by atoms with E-state index in [0.717, 1.165) is 6.42 Å². The Morgan fingerprint density at radius 1 is 1.05 bits per heavy atom. The summed E-state index contributed by atoms with van der Waals surface area (Å²) in [7, 11) is 0. The highest BCUT2D eigenvalue weighted by Gasteiger charge is 2.59. The maximum atomic E-state index is 6.71. The molecule has 0 bridgehead atoms. The highest BCUT2D eigenvalue weighted by atomic mass is 16.5. The quantitative estimate of drug-likeness (QED) is 0.559. The van der Waals surface area contributed by atoms with Crippen molar-refractivity contribution in [2.45, 2.75) is 91.3 Å². The van der Waals surface area contributed by atoms with Gasteiger partial charge in [-0.05, 0) is 68.6 Å². The summed E-state index contributed by atoms with van der Waals surface area (Å²) in [6, 6.07) is 0. The number of rotatable bonds is 1. The van der Waals surface area contributed by atoms with E-state index in [2.05, 4.69) is 53.7 Å². The van der Waals surface area contributed by atoms with Crippen LogP contribution in [0.15, 0.2) is 12.2 Å². The summed E-state index contributed by atoms with van der Waals surface area (Å²) in [6.07, 6.45) is 12.8. The van der Waals surface area contributed by atoms with Crippen LogP contribution in [0.2, 0.25) is 0 Å². The molecule has 0 amide bonds. The summed E-state index contributed by atoms with van der Waals surface area (Å²) in [5.41, 5.74) is 0.876. The fraction of sp³-hybridized carbons (Fsp3) is 0.900. The first-order chi connectivity index (χ1) is 9.65. The molecule has 2 aliphatic carbocycles. The van der Waals surface area contributed by atoms with Gasteiger partial charge in [0.25, 0.3) is 0 Å². The van der Waals surface area contributed by atoms with Crippen molar-refractivity contribution in [3.05, 3.63) is 12.2 Å². The second-order valence-corrected chi connectivity index (χ2v) is 9.37. The summed E-state index contributed by atoms with van der Waals surface area (Å²) in [5, 5.41) is 0. The van der Waals surface area contributed by atoms with E-state index >= 15 is 0 Å². The molecule has 3 aliphatic rings. The molecule has 2 fully saturated rings. The molecule has 21 heavy (non-hydrogen) atoms. The molecule has 0 unspecified atom stereocenters. The molecule has 0 aromatic rings. The predicted molar refractivity (Wildman–Crippen MR) is 89.3 cm³/mol. The molecule has 1 saturated heterocycles. The Morgan fingerprint density at radius 3 is 2.43 bits per heavy atom. The number of allylic oxidation sites excluding steroid dienone is 1. The lowest BCUT2D eigenvalue weighted by Gasteiger charge is -2.62.